The van der Waals surface area contributed by atoms with Crippen molar-refractivity contribution in [2.45, 2.75) is 11.8 Å². The zero-order valence-corrected chi connectivity index (χ0v) is 6.14. The molecule has 10 heavy (non-hydrogen) atoms. The van der Waals surface area contributed by atoms with E-state index in [4.69, 9.17) is 5.26 Å². The van der Waals surface area contributed by atoms with Crippen LogP contribution in [0.25, 0.3) is 0 Å². The molecule has 4 nitrogen and oxygen atoms in total. The predicted octanol–water partition coefficient (Wildman–Crippen LogP) is 1.75. The second-order valence-electron chi connectivity index (χ2n) is 1.74. The highest BCUT2D eigenvalue weighted by Crippen LogP contribution is 2.18. The maximum atomic E-state index is 7.78. The first-order chi connectivity index (χ1) is 4.83. The van der Waals surface area contributed by atoms with Gasteiger partial charge in [0.2, 0.25) is 0 Å². The zero-order chi connectivity index (χ0) is 7.40. The molecule has 1 heterocycles. The van der Waals surface area contributed by atoms with Gasteiger partial charge in [-0.15, -0.1) is 4.33 Å². The summed E-state index contributed by atoms with van der Waals surface area (Å²) in [5, 5.41) is 11.2. The molecule has 0 aliphatic rings. The lowest BCUT2D eigenvalue weighted by molar-refractivity contribution is -0.432. The van der Waals surface area contributed by atoms with Crippen LogP contribution in [0.3, 0.4) is 0 Å². The standard InChI is InChI=1S/C5H7NO3S/c1-4-2-5(3-6-4)10-9-8-7/h2-3,6-7H,1H3. The van der Waals surface area contributed by atoms with Crippen LogP contribution in [0.5, 0.6) is 0 Å². The normalized spacial score (nSPS) is 10.2. The Balaban J connectivity index is 2.42. The topological polar surface area (TPSA) is 54.5 Å². The fraction of sp³-hybridized carbons (Fsp3) is 0.200. The molecule has 0 fully saturated rings. The van der Waals surface area contributed by atoms with Crippen molar-refractivity contribution in [1.29, 1.82) is 0 Å². The minimum atomic E-state index is 0.853. The number of nitrogens with one attached hydrogen (secondary N) is 1. The molecule has 0 atom stereocenters. The minimum Gasteiger partial charge on any atom is -0.364 e. The van der Waals surface area contributed by atoms with E-state index in [1.807, 2.05) is 13.0 Å². The first kappa shape index (κ1) is 7.62. The summed E-state index contributed by atoms with van der Waals surface area (Å²) in [6, 6.07) is 1.86. The van der Waals surface area contributed by atoms with Gasteiger partial charge >= 0.3 is 0 Å². The van der Waals surface area contributed by atoms with Gasteiger partial charge < -0.3 is 4.98 Å². The van der Waals surface area contributed by atoms with Gasteiger partial charge in [-0.25, -0.2) is 5.26 Å². The van der Waals surface area contributed by atoms with Crippen LogP contribution in [0.2, 0.25) is 0 Å². The van der Waals surface area contributed by atoms with E-state index in [-0.39, 0.29) is 0 Å². The van der Waals surface area contributed by atoms with E-state index in [1.54, 1.807) is 6.20 Å². The molecule has 0 bridgehead atoms. The first-order valence-corrected chi connectivity index (χ1v) is 3.37. The largest absolute Gasteiger partial charge is 0.364 e. The van der Waals surface area contributed by atoms with Gasteiger partial charge in [0, 0.05) is 11.9 Å². The second kappa shape index (κ2) is 3.62. The number of aryl methyl sites for hydroxylation is 1. The molecule has 0 aliphatic carbocycles. The molecule has 0 saturated heterocycles. The van der Waals surface area contributed by atoms with Crippen LogP contribution in [0.15, 0.2) is 17.2 Å². The SMILES string of the molecule is Cc1cc(SOOO)c[nH]1. The average Bonchev–Trinajstić information content (AvgIpc) is 2.31. The first-order valence-electron chi connectivity index (χ1n) is 2.62. The lowest BCUT2D eigenvalue weighted by atomic mass is 10.5. The lowest BCUT2D eigenvalue weighted by Gasteiger charge is -1.89. The molecule has 0 aliphatic heterocycles. The van der Waals surface area contributed by atoms with E-state index in [0.29, 0.717) is 0 Å². The maximum Gasteiger partial charge on any atom is 0.0730 e. The van der Waals surface area contributed by atoms with E-state index < -0.39 is 0 Å². The molecular weight excluding hydrogens is 154 g/mol. The third-order valence-electron chi connectivity index (χ3n) is 0.962. The van der Waals surface area contributed by atoms with Crippen molar-refractivity contribution in [1.82, 2.24) is 4.98 Å². The Morgan fingerprint density at radius 2 is 2.50 bits per heavy atom. The van der Waals surface area contributed by atoms with E-state index in [2.05, 4.69) is 14.4 Å². The summed E-state index contributed by atoms with van der Waals surface area (Å²) in [6.07, 6.45) is 1.75. The molecule has 1 aromatic rings. The summed E-state index contributed by atoms with van der Waals surface area (Å²) >= 11 is 0.938. The summed E-state index contributed by atoms with van der Waals surface area (Å²) in [5.41, 5.74) is 1.03. The maximum absolute atomic E-state index is 7.78. The predicted molar refractivity (Wildman–Crippen MR) is 36.2 cm³/mol. The lowest BCUT2D eigenvalue weighted by Crippen LogP contribution is -1.75. The van der Waals surface area contributed by atoms with Crippen molar-refractivity contribution in [3.8, 4) is 0 Å². The number of hydrogen-bond acceptors (Lipinski definition) is 4. The summed E-state index contributed by atoms with van der Waals surface area (Å²) in [5.74, 6) is 0. The van der Waals surface area contributed by atoms with Crippen LogP contribution in [0, 0.1) is 6.92 Å². The van der Waals surface area contributed by atoms with Crippen LogP contribution in [0.4, 0.5) is 0 Å². The monoisotopic (exact) mass is 161 g/mol. The van der Waals surface area contributed by atoms with Crippen LogP contribution in [-0.2, 0) is 9.37 Å². The molecule has 0 saturated carbocycles. The number of hydrogen-bond donors (Lipinski definition) is 2. The molecular formula is C5H7NO3S. The van der Waals surface area contributed by atoms with Crippen molar-refractivity contribution in [3.05, 3.63) is 18.0 Å². The van der Waals surface area contributed by atoms with Gasteiger partial charge in [0.05, 0.1) is 16.9 Å². The zero-order valence-electron chi connectivity index (χ0n) is 5.33. The molecule has 1 aromatic heterocycles. The highest BCUT2D eigenvalue weighted by atomic mass is 32.2. The van der Waals surface area contributed by atoms with Gasteiger partial charge in [-0.2, -0.15) is 0 Å². The van der Waals surface area contributed by atoms with E-state index >= 15 is 0 Å². The van der Waals surface area contributed by atoms with Crippen molar-refractivity contribution in [2.75, 3.05) is 0 Å². The molecule has 0 amide bonds. The Morgan fingerprint density at radius 3 is 3.00 bits per heavy atom. The number of aromatic nitrogens is 1. The van der Waals surface area contributed by atoms with Crippen molar-refractivity contribution >= 4 is 12.0 Å². The van der Waals surface area contributed by atoms with E-state index in [9.17, 15) is 0 Å². The van der Waals surface area contributed by atoms with Gasteiger partial charge in [-0.3, -0.25) is 0 Å². The van der Waals surface area contributed by atoms with Crippen molar-refractivity contribution < 1.29 is 14.6 Å². The Kier molecular flexibility index (Phi) is 2.76. The molecule has 5 heteroatoms. The van der Waals surface area contributed by atoms with Gasteiger partial charge in [-0.1, -0.05) is 5.04 Å². The highest BCUT2D eigenvalue weighted by Gasteiger charge is 1.96. The van der Waals surface area contributed by atoms with E-state index in [1.165, 1.54) is 0 Å². The van der Waals surface area contributed by atoms with Gasteiger partial charge in [0.15, 0.2) is 0 Å². The smallest absolute Gasteiger partial charge is 0.0730 e. The fourth-order valence-electron chi connectivity index (χ4n) is 0.584. The summed E-state index contributed by atoms with van der Waals surface area (Å²) < 4.78 is 4.19. The molecule has 1 rings (SSSR count). The number of aromatic amines is 1. The van der Waals surface area contributed by atoms with Crippen molar-refractivity contribution in [3.63, 3.8) is 0 Å². The van der Waals surface area contributed by atoms with Crippen molar-refractivity contribution in [2.24, 2.45) is 0 Å². The minimum absolute atomic E-state index is 0.853. The quantitative estimate of drug-likeness (QED) is 0.403. The molecule has 2 N–H and O–H groups in total. The molecule has 0 aromatic carbocycles. The molecule has 56 valence electrons. The third-order valence-corrected chi connectivity index (χ3v) is 1.52. The molecule has 0 spiro atoms. The fourth-order valence-corrected chi connectivity index (χ4v) is 1.03. The van der Waals surface area contributed by atoms with Crippen LogP contribution in [-0.4, -0.2) is 10.2 Å². The van der Waals surface area contributed by atoms with Crippen LogP contribution >= 0.6 is 12.0 Å². The van der Waals surface area contributed by atoms with Crippen LogP contribution < -0.4 is 0 Å². The number of rotatable bonds is 3. The summed E-state index contributed by atoms with van der Waals surface area (Å²) in [7, 11) is 0. The Bertz CT molecular complexity index is 201. The molecule has 0 radical (unpaired) electrons. The number of H-pyrrole nitrogens is 1. The van der Waals surface area contributed by atoms with E-state index in [0.717, 1.165) is 22.6 Å². The second-order valence-corrected chi connectivity index (χ2v) is 2.52. The Hall–Kier alpha value is -0.490. The van der Waals surface area contributed by atoms with Crippen LogP contribution in [0.1, 0.15) is 5.69 Å². The Morgan fingerprint density at radius 1 is 1.70 bits per heavy atom. The summed E-state index contributed by atoms with van der Waals surface area (Å²) in [6.45, 7) is 1.92. The van der Waals surface area contributed by atoms with Gasteiger partial charge in [0.1, 0.15) is 0 Å². The Labute approximate surface area is 62.2 Å². The highest BCUT2D eigenvalue weighted by molar-refractivity contribution is 7.94. The average molecular weight is 161 g/mol. The van der Waals surface area contributed by atoms with Gasteiger partial charge in [0.25, 0.3) is 0 Å². The molecule has 0 unspecified atom stereocenters. The third kappa shape index (κ3) is 2.03. The summed E-state index contributed by atoms with van der Waals surface area (Å²) in [4.78, 5) is 3.79. The van der Waals surface area contributed by atoms with Gasteiger partial charge in [-0.05, 0) is 13.0 Å².